The van der Waals surface area contributed by atoms with E-state index in [1.165, 1.54) is 0 Å². The van der Waals surface area contributed by atoms with Gasteiger partial charge in [0.2, 0.25) is 0 Å². The van der Waals surface area contributed by atoms with Gasteiger partial charge in [-0.3, -0.25) is 10.0 Å². The number of aliphatic imine (C=N–C) groups is 1. The van der Waals surface area contributed by atoms with Crippen LogP contribution in [-0.4, -0.2) is 23.0 Å². The Bertz CT molecular complexity index is 295. The Morgan fingerprint density at radius 2 is 2.38 bits per heavy atom. The molecular formula is C10H15N3. The maximum atomic E-state index is 4.33. The molecule has 13 heavy (non-hydrogen) atoms. The molecule has 1 aliphatic rings. The van der Waals surface area contributed by atoms with Crippen molar-refractivity contribution >= 4 is 11.4 Å². The fraction of sp³-hybridized carbons (Fsp3) is 0.400. The van der Waals surface area contributed by atoms with Crippen molar-refractivity contribution < 1.29 is 0 Å². The summed E-state index contributed by atoms with van der Waals surface area (Å²) in [6, 6.07) is 0. The molecule has 0 bridgehead atoms. The number of allylic oxidation sites excluding steroid dienone is 2. The molecule has 0 unspecified atom stereocenters. The molecule has 0 spiro atoms. The van der Waals surface area contributed by atoms with Crippen LogP contribution in [0.4, 0.5) is 0 Å². The normalized spacial score (nSPS) is 18.1. The summed E-state index contributed by atoms with van der Waals surface area (Å²) in [5, 5.41) is 6.21. The lowest BCUT2D eigenvalue weighted by Crippen LogP contribution is -2.23. The molecule has 0 saturated heterocycles. The highest BCUT2D eigenvalue weighted by Gasteiger charge is 2.06. The fourth-order valence-corrected chi connectivity index (χ4v) is 1.17. The summed E-state index contributed by atoms with van der Waals surface area (Å²) in [5.74, 6) is 0. The highest BCUT2D eigenvalue weighted by Crippen LogP contribution is 2.07. The average molecular weight is 177 g/mol. The van der Waals surface area contributed by atoms with Gasteiger partial charge in [-0.2, -0.15) is 5.10 Å². The van der Waals surface area contributed by atoms with Gasteiger partial charge in [-0.15, -0.1) is 0 Å². The molecule has 1 aliphatic heterocycles. The van der Waals surface area contributed by atoms with Gasteiger partial charge in [0.15, 0.2) is 0 Å². The molecule has 1 rings (SSSR count). The number of rotatable bonds is 2. The van der Waals surface area contributed by atoms with Crippen molar-refractivity contribution in [3.63, 3.8) is 0 Å². The van der Waals surface area contributed by atoms with Crippen LogP contribution in [-0.2, 0) is 0 Å². The van der Waals surface area contributed by atoms with Crippen LogP contribution in [0.15, 0.2) is 34.6 Å². The zero-order chi connectivity index (χ0) is 9.84. The first-order valence-corrected chi connectivity index (χ1v) is 4.28. The monoisotopic (exact) mass is 177 g/mol. The third kappa shape index (κ3) is 2.86. The van der Waals surface area contributed by atoms with E-state index in [1.807, 2.05) is 32.0 Å². The van der Waals surface area contributed by atoms with E-state index in [4.69, 9.17) is 0 Å². The third-order valence-electron chi connectivity index (χ3n) is 1.68. The summed E-state index contributed by atoms with van der Waals surface area (Å²) in [4.78, 5) is 4.31. The summed E-state index contributed by atoms with van der Waals surface area (Å²) >= 11 is 0. The molecule has 3 nitrogen and oxygen atoms in total. The largest absolute Gasteiger partial charge is 0.265 e. The quantitative estimate of drug-likeness (QED) is 0.594. The molecule has 1 heterocycles. The van der Waals surface area contributed by atoms with Crippen molar-refractivity contribution in [2.75, 3.05) is 6.54 Å². The van der Waals surface area contributed by atoms with Crippen molar-refractivity contribution in [2.45, 2.75) is 20.8 Å². The minimum atomic E-state index is 0.766. The lowest BCUT2D eigenvalue weighted by atomic mass is 10.3. The maximum absolute atomic E-state index is 4.33. The first-order chi connectivity index (χ1) is 6.11. The number of hydrazone groups is 1. The zero-order valence-corrected chi connectivity index (χ0v) is 8.41. The Balaban J connectivity index is 2.76. The maximum Gasteiger partial charge on any atom is 0.0790 e. The Labute approximate surface area is 79.2 Å². The third-order valence-corrected chi connectivity index (χ3v) is 1.68. The van der Waals surface area contributed by atoms with Gasteiger partial charge in [0.25, 0.3) is 0 Å². The molecule has 0 aromatic rings. The zero-order valence-electron chi connectivity index (χ0n) is 8.41. The van der Waals surface area contributed by atoms with E-state index in [9.17, 15) is 0 Å². The summed E-state index contributed by atoms with van der Waals surface area (Å²) < 4.78 is 0. The molecule has 0 fully saturated rings. The van der Waals surface area contributed by atoms with Crippen LogP contribution >= 0.6 is 0 Å². The van der Waals surface area contributed by atoms with Crippen molar-refractivity contribution in [3.8, 4) is 0 Å². The summed E-state index contributed by atoms with van der Waals surface area (Å²) in [6.45, 7) is 10.3. The first kappa shape index (κ1) is 9.71. The van der Waals surface area contributed by atoms with Crippen molar-refractivity contribution in [3.05, 3.63) is 24.6 Å². The molecule has 0 atom stereocenters. The van der Waals surface area contributed by atoms with Crippen molar-refractivity contribution in [1.29, 1.82) is 0 Å². The topological polar surface area (TPSA) is 28.0 Å². The standard InChI is InChI=1S/C10H15N3/c1-5-8(2)12-13-6-9(3)11-10(4)7-13/h5-6H,1,7H2,2-4H3/b12-8-. The predicted molar refractivity (Wildman–Crippen MR) is 56.9 cm³/mol. The number of nitrogens with zero attached hydrogens (tertiary/aromatic N) is 3. The van der Waals surface area contributed by atoms with Crippen LogP contribution in [0.3, 0.4) is 0 Å². The Morgan fingerprint density at radius 1 is 1.69 bits per heavy atom. The molecule has 0 aromatic heterocycles. The highest BCUT2D eigenvalue weighted by molar-refractivity contribution is 5.92. The van der Waals surface area contributed by atoms with Gasteiger partial charge in [0, 0.05) is 11.9 Å². The lowest BCUT2D eigenvalue weighted by molar-refractivity contribution is 0.445. The summed E-state index contributed by atoms with van der Waals surface area (Å²) in [5.41, 5.74) is 2.99. The first-order valence-electron chi connectivity index (χ1n) is 4.28. The summed E-state index contributed by atoms with van der Waals surface area (Å²) in [6.07, 6.45) is 3.67. The van der Waals surface area contributed by atoms with E-state index >= 15 is 0 Å². The van der Waals surface area contributed by atoms with Crippen LogP contribution in [0.1, 0.15) is 20.8 Å². The minimum Gasteiger partial charge on any atom is -0.265 e. The summed E-state index contributed by atoms with van der Waals surface area (Å²) in [7, 11) is 0. The van der Waals surface area contributed by atoms with E-state index in [1.54, 1.807) is 6.08 Å². The van der Waals surface area contributed by atoms with Crippen LogP contribution in [0, 0.1) is 0 Å². The molecule has 70 valence electrons. The average Bonchev–Trinajstić information content (AvgIpc) is 2.02. The number of hydrogen-bond donors (Lipinski definition) is 0. The number of hydrogen-bond acceptors (Lipinski definition) is 3. The Hall–Kier alpha value is -1.38. The van der Waals surface area contributed by atoms with Gasteiger partial charge < -0.3 is 0 Å². The van der Waals surface area contributed by atoms with Crippen molar-refractivity contribution in [2.24, 2.45) is 10.1 Å². The van der Waals surface area contributed by atoms with E-state index in [0.29, 0.717) is 0 Å². The minimum absolute atomic E-state index is 0.766. The smallest absolute Gasteiger partial charge is 0.0790 e. The highest BCUT2D eigenvalue weighted by atomic mass is 15.4. The van der Waals surface area contributed by atoms with Crippen LogP contribution < -0.4 is 0 Å². The Morgan fingerprint density at radius 3 is 2.92 bits per heavy atom. The molecule has 3 heteroatoms. The van der Waals surface area contributed by atoms with Crippen LogP contribution in [0.5, 0.6) is 0 Å². The molecule has 0 aliphatic carbocycles. The SMILES string of the molecule is C=C/C(C)=N\N1C=C(C)N=C(C)C1. The molecule has 0 N–H and O–H groups in total. The van der Waals surface area contributed by atoms with E-state index in [0.717, 1.165) is 23.7 Å². The predicted octanol–water partition coefficient (Wildman–Crippen LogP) is 2.19. The van der Waals surface area contributed by atoms with E-state index in [-0.39, 0.29) is 0 Å². The van der Waals surface area contributed by atoms with Gasteiger partial charge in [-0.05, 0) is 26.8 Å². The van der Waals surface area contributed by atoms with Crippen LogP contribution in [0.2, 0.25) is 0 Å². The Kier molecular flexibility index (Phi) is 3.01. The second kappa shape index (κ2) is 4.03. The molecule has 0 saturated carbocycles. The van der Waals surface area contributed by atoms with Gasteiger partial charge in [-0.25, -0.2) is 0 Å². The molecule has 0 radical (unpaired) electrons. The van der Waals surface area contributed by atoms with Crippen LogP contribution in [0.25, 0.3) is 0 Å². The van der Waals surface area contributed by atoms with Gasteiger partial charge in [0.1, 0.15) is 0 Å². The van der Waals surface area contributed by atoms with Crippen molar-refractivity contribution in [1.82, 2.24) is 5.01 Å². The van der Waals surface area contributed by atoms with Gasteiger partial charge in [0.05, 0.1) is 18.0 Å². The van der Waals surface area contributed by atoms with E-state index in [2.05, 4.69) is 16.7 Å². The molecule has 0 amide bonds. The lowest BCUT2D eigenvalue weighted by Gasteiger charge is -2.19. The second-order valence-electron chi connectivity index (χ2n) is 3.16. The van der Waals surface area contributed by atoms with E-state index < -0.39 is 0 Å². The molecule has 0 aromatic carbocycles. The fourth-order valence-electron chi connectivity index (χ4n) is 1.17. The van der Waals surface area contributed by atoms with Gasteiger partial charge >= 0.3 is 0 Å². The molecular weight excluding hydrogens is 162 g/mol. The van der Waals surface area contributed by atoms with Gasteiger partial charge in [-0.1, -0.05) is 6.58 Å². The second-order valence-corrected chi connectivity index (χ2v) is 3.16.